The molecule has 3 rings (SSSR count). The van der Waals surface area contributed by atoms with Crippen molar-refractivity contribution in [3.63, 3.8) is 0 Å². The summed E-state index contributed by atoms with van der Waals surface area (Å²) >= 11 is 1.60. The van der Waals surface area contributed by atoms with E-state index in [1.54, 1.807) is 23.9 Å². The molecule has 0 bridgehead atoms. The minimum Gasteiger partial charge on any atom is -0.387 e. The second kappa shape index (κ2) is 6.87. The summed E-state index contributed by atoms with van der Waals surface area (Å²) in [5.74, 6) is 0. The molecule has 0 saturated heterocycles. The van der Waals surface area contributed by atoms with Gasteiger partial charge < -0.3 is 15.0 Å². The van der Waals surface area contributed by atoms with Crippen molar-refractivity contribution in [1.82, 2.24) is 14.9 Å². The first-order chi connectivity index (χ1) is 10.7. The van der Waals surface area contributed by atoms with E-state index in [0.29, 0.717) is 6.54 Å². The van der Waals surface area contributed by atoms with Crippen molar-refractivity contribution in [2.24, 2.45) is 0 Å². The smallest absolute Gasteiger partial charge is 0.0991 e. The second-order valence-corrected chi connectivity index (χ2v) is 6.04. The molecule has 0 spiro atoms. The van der Waals surface area contributed by atoms with Crippen LogP contribution in [0.4, 0.5) is 0 Å². The van der Waals surface area contributed by atoms with Crippen molar-refractivity contribution >= 4 is 11.3 Å². The number of nitrogens with one attached hydrogen (secondary N) is 1. The molecule has 2 atom stereocenters. The standard InChI is InChI=1S/C17H19N3OS/c1-13(19-10-17(21)15-6-9-22-11-15)14-2-4-16(5-3-14)20-8-7-18-12-20/h2-9,11-13,17,19,21H,10H2,1H3. The fraction of sp³-hybridized carbons (Fsp3) is 0.235. The number of nitrogens with zero attached hydrogens (tertiary/aromatic N) is 2. The Morgan fingerprint density at radius 1 is 1.23 bits per heavy atom. The lowest BCUT2D eigenvalue weighted by Crippen LogP contribution is -2.24. The highest BCUT2D eigenvalue weighted by molar-refractivity contribution is 7.07. The number of rotatable bonds is 6. The fourth-order valence-electron chi connectivity index (χ4n) is 2.34. The molecular weight excluding hydrogens is 294 g/mol. The van der Waals surface area contributed by atoms with Gasteiger partial charge in [0.1, 0.15) is 0 Å². The molecule has 0 radical (unpaired) electrons. The van der Waals surface area contributed by atoms with Crippen LogP contribution in [0.3, 0.4) is 0 Å². The van der Waals surface area contributed by atoms with Gasteiger partial charge in [0.25, 0.3) is 0 Å². The predicted octanol–water partition coefficient (Wildman–Crippen LogP) is 3.32. The average Bonchev–Trinajstić information content (AvgIpc) is 3.25. The van der Waals surface area contributed by atoms with Gasteiger partial charge in [-0.2, -0.15) is 11.3 Å². The van der Waals surface area contributed by atoms with E-state index < -0.39 is 6.10 Å². The van der Waals surface area contributed by atoms with Crippen LogP contribution in [0.25, 0.3) is 5.69 Å². The number of imidazole rings is 1. The van der Waals surface area contributed by atoms with Crippen molar-refractivity contribution in [2.75, 3.05) is 6.54 Å². The molecule has 0 fully saturated rings. The summed E-state index contributed by atoms with van der Waals surface area (Å²) in [6, 6.07) is 10.5. The number of benzene rings is 1. The molecule has 5 heteroatoms. The molecule has 22 heavy (non-hydrogen) atoms. The summed E-state index contributed by atoms with van der Waals surface area (Å²) in [7, 11) is 0. The van der Waals surface area contributed by atoms with E-state index in [1.807, 2.05) is 27.6 Å². The predicted molar refractivity (Wildman–Crippen MR) is 89.3 cm³/mol. The molecule has 2 aromatic heterocycles. The van der Waals surface area contributed by atoms with Gasteiger partial charge in [-0.15, -0.1) is 0 Å². The number of hydrogen-bond acceptors (Lipinski definition) is 4. The Bertz CT molecular complexity index is 677. The zero-order chi connectivity index (χ0) is 15.4. The van der Waals surface area contributed by atoms with Crippen LogP contribution in [0.5, 0.6) is 0 Å². The van der Waals surface area contributed by atoms with E-state index >= 15 is 0 Å². The molecule has 0 amide bonds. The maximum absolute atomic E-state index is 10.1. The number of thiophene rings is 1. The summed E-state index contributed by atoms with van der Waals surface area (Å²) in [6.07, 6.45) is 5.02. The normalized spacial score (nSPS) is 13.9. The van der Waals surface area contributed by atoms with E-state index in [2.05, 4.69) is 41.5 Å². The Morgan fingerprint density at radius 3 is 2.68 bits per heavy atom. The van der Waals surface area contributed by atoms with Gasteiger partial charge >= 0.3 is 0 Å². The minimum atomic E-state index is -0.459. The van der Waals surface area contributed by atoms with Gasteiger partial charge in [0.05, 0.1) is 12.4 Å². The molecular formula is C17H19N3OS. The molecule has 2 N–H and O–H groups in total. The lowest BCUT2D eigenvalue weighted by molar-refractivity contribution is 0.171. The summed E-state index contributed by atoms with van der Waals surface area (Å²) in [6.45, 7) is 2.65. The Kier molecular flexibility index (Phi) is 4.68. The molecule has 0 aliphatic carbocycles. The largest absolute Gasteiger partial charge is 0.387 e. The Labute approximate surface area is 134 Å². The maximum atomic E-state index is 10.1. The zero-order valence-corrected chi connectivity index (χ0v) is 13.2. The number of aliphatic hydroxyl groups excluding tert-OH is 1. The third-order valence-corrected chi connectivity index (χ3v) is 4.44. The SMILES string of the molecule is CC(NCC(O)c1ccsc1)c1ccc(-n2ccnc2)cc1. The van der Waals surface area contributed by atoms with Crippen molar-refractivity contribution in [3.05, 3.63) is 70.9 Å². The molecule has 1 aromatic carbocycles. The third kappa shape index (κ3) is 3.44. The van der Waals surface area contributed by atoms with Crippen LogP contribution in [0.1, 0.15) is 30.2 Å². The van der Waals surface area contributed by atoms with E-state index in [0.717, 1.165) is 11.3 Å². The molecule has 2 unspecified atom stereocenters. The Hall–Kier alpha value is -1.95. The van der Waals surface area contributed by atoms with Crippen molar-refractivity contribution in [3.8, 4) is 5.69 Å². The molecule has 2 heterocycles. The van der Waals surface area contributed by atoms with Gasteiger partial charge in [-0.05, 0) is 47.0 Å². The highest BCUT2D eigenvalue weighted by Crippen LogP contribution is 2.19. The topological polar surface area (TPSA) is 50.1 Å². The van der Waals surface area contributed by atoms with Crippen LogP contribution in [0, 0.1) is 0 Å². The van der Waals surface area contributed by atoms with Crippen LogP contribution in [0.2, 0.25) is 0 Å². The molecule has 0 saturated carbocycles. The lowest BCUT2D eigenvalue weighted by Gasteiger charge is -2.17. The van der Waals surface area contributed by atoms with Gasteiger partial charge in [0.2, 0.25) is 0 Å². The summed E-state index contributed by atoms with van der Waals surface area (Å²) in [5, 5.41) is 17.5. The molecule has 0 aliphatic rings. The van der Waals surface area contributed by atoms with E-state index in [9.17, 15) is 5.11 Å². The average molecular weight is 313 g/mol. The number of hydrogen-bond donors (Lipinski definition) is 2. The summed E-state index contributed by atoms with van der Waals surface area (Å²) < 4.78 is 1.97. The monoisotopic (exact) mass is 313 g/mol. The van der Waals surface area contributed by atoms with E-state index in [1.165, 1.54) is 5.56 Å². The highest BCUT2D eigenvalue weighted by Gasteiger charge is 2.11. The Balaban J connectivity index is 1.59. The minimum absolute atomic E-state index is 0.185. The summed E-state index contributed by atoms with van der Waals surface area (Å²) in [5.41, 5.74) is 3.26. The van der Waals surface area contributed by atoms with Gasteiger partial charge in [-0.3, -0.25) is 0 Å². The number of aliphatic hydroxyl groups is 1. The first-order valence-electron chi connectivity index (χ1n) is 7.26. The quantitative estimate of drug-likeness (QED) is 0.734. The van der Waals surface area contributed by atoms with Crippen LogP contribution in [0.15, 0.2) is 59.8 Å². The molecule has 3 aromatic rings. The maximum Gasteiger partial charge on any atom is 0.0991 e. The van der Waals surface area contributed by atoms with Crippen molar-refractivity contribution in [1.29, 1.82) is 0 Å². The first-order valence-corrected chi connectivity index (χ1v) is 8.20. The van der Waals surface area contributed by atoms with E-state index in [-0.39, 0.29) is 6.04 Å². The van der Waals surface area contributed by atoms with Crippen molar-refractivity contribution in [2.45, 2.75) is 19.1 Å². The van der Waals surface area contributed by atoms with E-state index in [4.69, 9.17) is 0 Å². The lowest BCUT2D eigenvalue weighted by atomic mass is 10.1. The zero-order valence-electron chi connectivity index (χ0n) is 12.4. The third-order valence-electron chi connectivity index (χ3n) is 3.74. The van der Waals surface area contributed by atoms with Gasteiger partial charge in [-0.25, -0.2) is 4.98 Å². The van der Waals surface area contributed by atoms with Gasteiger partial charge in [-0.1, -0.05) is 12.1 Å². The van der Waals surface area contributed by atoms with Crippen LogP contribution >= 0.6 is 11.3 Å². The van der Waals surface area contributed by atoms with Crippen LogP contribution in [-0.2, 0) is 0 Å². The van der Waals surface area contributed by atoms with Gasteiger partial charge in [0, 0.05) is 30.7 Å². The molecule has 0 aliphatic heterocycles. The first kappa shape index (κ1) is 15.0. The molecule has 4 nitrogen and oxygen atoms in total. The Morgan fingerprint density at radius 2 is 2.05 bits per heavy atom. The molecule has 114 valence electrons. The fourth-order valence-corrected chi connectivity index (χ4v) is 3.04. The highest BCUT2D eigenvalue weighted by atomic mass is 32.1. The summed E-state index contributed by atoms with van der Waals surface area (Å²) in [4.78, 5) is 4.05. The van der Waals surface area contributed by atoms with Crippen LogP contribution < -0.4 is 5.32 Å². The second-order valence-electron chi connectivity index (χ2n) is 5.26. The number of aromatic nitrogens is 2. The van der Waals surface area contributed by atoms with Gasteiger partial charge in [0.15, 0.2) is 0 Å². The van der Waals surface area contributed by atoms with Crippen LogP contribution in [-0.4, -0.2) is 21.2 Å². The van der Waals surface area contributed by atoms with Crippen molar-refractivity contribution < 1.29 is 5.11 Å².